The van der Waals surface area contributed by atoms with Crippen LogP contribution in [-0.4, -0.2) is 28.4 Å². The van der Waals surface area contributed by atoms with Crippen molar-refractivity contribution in [1.29, 1.82) is 0 Å². The fourth-order valence-electron chi connectivity index (χ4n) is 2.96. The summed E-state index contributed by atoms with van der Waals surface area (Å²) in [7, 11) is 2.08. The van der Waals surface area contributed by atoms with Crippen LogP contribution in [0.4, 0.5) is 0 Å². The number of rotatable bonds is 2. The van der Waals surface area contributed by atoms with Gasteiger partial charge in [-0.25, -0.2) is 0 Å². The molecule has 2 aromatic rings. The van der Waals surface area contributed by atoms with Crippen molar-refractivity contribution >= 4 is 10.9 Å². The minimum Gasteiger partial charge on any atom is -0.388 e. The molecule has 0 bridgehead atoms. The van der Waals surface area contributed by atoms with Crippen LogP contribution in [0.3, 0.4) is 0 Å². The Morgan fingerprint density at radius 3 is 2.94 bits per heavy atom. The van der Waals surface area contributed by atoms with Crippen molar-refractivity contribution in [2.75, 3.05) is 13.1 Å². The lowest BCUT2D eigenvalue weighted by atomic mass is 9.89. The van der Waals surface area contributed by atoms with Crippen molar-refractivity contribution in [2.45, 2.75) is 24.9 Å². The number of hydrogen-bond acceptors (Lipinski definition) is 2. The fourth-order valence-corrected chi connectivity index (χ4v) is 2.96. The number of fused-ring (bicyclic) bond motifs is 1. The number of para-hydroxylation sites is 1. The third kappa shape index (κ3) is 2.04. The van der Waals surface area contributed by atoms with E-state index >= 15 is 0 Å². The van der Waals surface area contributed by atoms with Crippen molar-refractivity contribution in [2.24, 2.45) is 7.05 Å². The minimum atomic E-state index is -0.583. The monoisotopic (exact) mass is 244 g/mol. The minimum absolute atomic E-state index is 0.583. The Balaban J connectivity index is 1.92. The number of β-amino-alcohol motifs (C(OH)–C–C–N with tert-alkyl or cyclic N) is 1. The van der Waals surface area contributed by atoms with Crippen molar-refractivity contribution in [3.05, 3.63) is 36.0 Å². The first kappa shape index (κ1) is 11.8. The highest BCUT2D eigenvalue weighted by molar-refractivity contribution is 5.81. The van der Waals surface area contributed by atoms with E-state index in [1.807, 2.05) is 0 Å². The molecule has 1 unspecified atom stereocenters. The molecule has 18 heavy (non-hydrogen) atoms. The molecular weight excluding hydrogens is 224 g/mol. The number of nitrogens with zero attached hydrogens (tertiary/aromatic N) is 1. The molecule has 0 saturated carbocycles. The molecule has 1 aliphatic rings. The standard InChI is InChI=1S/C15H20N2O/c1-17-13(9-12-5-2-3-6-14(12)17)10-15(18)7-4-8-16-11-15/h2-3,5-6,9,16,18H,4,7-8,10-11H2,1H3. The number of piperidine rings is 1. The van der Waals surface area contributed by atoms with Crippen LogP contribution < -0.4 is 5.32 Å². The van der Waals surface area contributed by atoms with Gasteiger partial charge in [0.15, 0.2) is 0 Å². The second-order valence-corrected chi connectivity index (χ2v) is 5.43. The molecule has 0 spiro atoms. The number of aromatic nitrogens is 1. The molecule has 1 aromatic carbocycles. The third-order valence-corrected chi connectivity index (χ3v) is 4.01. The molecule has 3 rings (SSSR count). The molecule has 0 radical (unpaired) electrons. The van der Waals surface area contributed by atoms with Gasteiger partial charge in [0.25, 0.3) is 0 Å². The Morgan fingerprint density at radius 2 is 2.22 bits per heavy atom. The van der Waals surface area contributed by atoms with Gasteiger partial charge in [0.1, 0.15) is 0 Å². The molecule has 2 heterocycles. The van der Waals surface area contributed by atoms with Gasteiger partial charge < -0.3 is 15.0 Å². The van der Waals surface area contributed by atoms with Gasteiger partial charge in [-0.1, -0.05) is 18.2 Å². The molecule has 0 amide bonds. The van der Waals surface area contributed by atoms with Gasteiger partial charge in [-0.05, 0) is 36.9 Å². The van der Waals surface area contributed by atoms with Crippen LogP contribution in [0.5, 0.6) is 0 Å². The molecule has 3 heteroatoms. The lowest BCUT2D eigenvalue weighted by Crippen LogP contribution is -2.47. The van der Waals surface area contributed by atoms with Crippen molar-refractivity contribution < 1.29 is 5.11 Å². The molecule has 2 N–H and O–H groups in total. The first-order chi connectivity index (χ1) is 8.68. The second kappa shape index (κ2) is 4.41. The maximum atomic E-state index is 10.6. The summed E-state index contributed by atoms with van der Waals surface area (Å²) < 4.78 is 2.20. The van der Waals surface area contributed by atoms with Gasteiger partial charge in [-0.2, -0.15) is 0 Å². The smallest absolute Gasteiger partial charge is 0.0826 e. The predicted octanol–water partition coefficient (Wildman–Crippen LogP) is 1.84. The Morgan fingerprint density at radius 1 is 1.39 bits per heavy atom. The summed E-state index contributed by atoms with van der Waals surface area (Å²) in [6, 6.07) is 10.6. The van der Waals surface area contributed by atoms with E-state index in [0.717, 1.165) is 25.8 Å². The number of benzene rings is 1. The van der Waals surface area contributed by atoms with E-state index in [2.05, 4.69) is 47.3 Å². The zero-order chi connectivity index (χ0) is 12.6. The first-order valence-electron chi connectivity index (χ1n) is 6.64. The first-order valence-corrected chi connectivity index (χ1v) is 6.64. The molecule has 3 nitrogen and oxygen atoms in total. The average molecular weight is 244 g/mol. The summed E-state index contributed by atoms with van der Waals surface area (Å²) in [5.41, 5.74) is 1.86. The predicted molar refractivity (Wildman–Crippen MR) is 73.7 cm³/mol. The van der Waals surface area contributed by atoms with Crippen molar-refractivity contribution in [3.8, 4) is 0 Å². The number of nitrogens with one attached hydrogen (secondary N) is 1. The summed E-state index contributed by atoms with van der Waals surface area (Å²) in [5.74, 6) is 0. The average Bonchev–Trinajstić information content (AvgIpc) is 2.67. The van der Waals surface area contributed by atoms with Gasteiger partial charge in [-0.15, -0.1) is 0 Å². The van der Waals surface area contributed by atoms with Crippen LogP contribution in [0, 0.1) is 0 Å². The summed E-state index contributed by atoms with van der Waals surface area (Å²) >= 11 is 0. The maximum Gasteiger partial charge on any atom is 0.0826 e. The molecule has 1 aliphatic heterocycles. The van der Waals surface area contributed by atoms with E-state index in [4.69, 9.17) is 0 Å². The lowest BCUT2D eigenvalue weighted by Gasteiger charge is -2.32. The van der Waals surface area contributed by atoms with Gasteiger partial charge in [0, 0.05) is 31.2 Å². The topological polar surface area (TPSA) is 37.2 Å². The van der Waals surface area contributed by atoms with Gasteiger partial charge in [0.05, 0.1) is 5.60 Å². The van der Waals surface area contributed by atoms with Crippen molar-refractivity contribution in [3.63, 3.8) is 0 Å². The molecule has 1 fully saturated rings. The Bertz CT molecular complexity index is 553. The fraction of sp³-hybridized carbons (Fsp3) is 0.467. The highest BCUT2D eigenvalue weighted by Gasteiger charge is 2.30. The van der Waals surface area contributed by atoms with Crippen LogP contribution in [0.25, 0.3) is 10.9 Å². The number of hydrogen-bond donors (Lipinski definition) is 2. The van der Waals surface area contributed by atoms with Crippen LogP contribution in [0.2, 0.25) is 0 Å². The van der Waals surface area contributed by atoms with Crippen LogP contribution in [-0.2, 0) is 13.5 Å². The highest BCUT2D eigenvalue weighted by atomic mass is 16.3. The Kier molecular flexibility index (Phi) is 2.88. The van der Waals surface area contributed by atoms with E-state index in [-0.39, 0.29) is 0 Å². The molecule has 96 valence electrons. The Labute approximate surface area is 107 Å². The molecule has 1 saturated heterocycles. The van der Waals surface area contributed by atoms with E-state index < -0.39 is 5.60 Å². The van der Waals surface area contributed by atoms with E-state index in [1.54, 1.807) is 0 Å². The van der Waals surface area contributed by atoms with Crippen LogP contribution >= 0.6 is 0 Å². The maximum absolute atomic E-state index is 10.6. The highest BCUT2D eigenvalue weighted by Crippen LogP contribution is 2.25. The van der Waals surface area contributed by atoms with Gasteiger partial charge in [0.2, 0.25) is 0 Å². The SMILES string of the molecule is Cn1c(CC2(O)CCCNC2)cc2ccccc21. The van der Waals surface area contributed by atoms with Crippen LogP contribution in [0.1, 0.15) is 18.5 Å². The van der Waals surface area contributed by atoms with E-state index in [0.29, 0.717) is 6.54 Å². The van der Waals surface area contributed by atoms with E-state index in [1.165, 1.54) is 16.6 Å². The van der Waals surface area contributed by atoms with Gasteiger partial charge in [-0.3, -0.25) is 0 Å². The lowest BCUT2D eigenvalue weighted by molar-refractivity contribution is 0.0156. The number of aliphatic hydroxyl groups is 1. The zero-order valence-corrected chi connectivity index (χ0v) is 10.8. The second-order valence-electron chi connectivity index (χ2n) is 5.43. The summed E-state index contributed by atoms with van der Waals surface area (Å²) in [4.78, 5) is 0. The Hall–Kier alpha value is -1.32. The quantitative estimate of drug-likeness (QED) is 0.846. The largest absolute Gasteiger partial charge is 0.388 e. The van der Waals surface area contributed by atoms with Gasteiger partial charge >= 0.3 is 0 Å². The van der Waals surface area contributed by atoms with E-state index in [9.17, 15) is 5.11 Å². The summed E-state index contributed by atoms with van der Waals surface area (Å²) in [6.07, 6.45) is 2.67. The van der Waals surface area contributed by atoms with Crippen LogP contribution in [0.15, 0.2) is 30.3 Å². The van der Waals surface area contributed by atoms with Crippen molar-refractivity contribution in [1.82, 2.24) is 9.88 Å². The normalized spacial score (nSPS) is 24.6. The zero-order valence-electron chi connectivity index (χ0n) is 10.8. The number of aryl methyl sites for hydroxylation is 1. The summed E-state index contributed by atoms with van der Waals surface area (Å²) in [6.45, 7) is 1.73. The summed E-state index contributed by atoms with van der Waals surface area (Å²) in [5, 5.41) is 15.1. The third-order valence-electron chi connectivity index (χ3n) is 4.01. The molecule has 1 aromatic heterocycles. The molecule has 0 aliphatic carbocycles. The molecular formula is C15H20N2O. The molecule has 1 atom stereocenters.